The molecule has 5 heteroatoms. The normalized spacial score (nSPS) is 9.43. The quantitative estimate of drug-likeness (QED) is 0.652. The molecule has 0 atom stereocenters. The molecule has 0 radical (unpaired) electrons. The molecule has 0 amide bonds. The van der Waals surface area contributed by atoms with Gasteiger partial charge in [0.2, 0.25) is 0 Å². The minimum Gasteiger partial charge on any atom is -0.130 e. The van der Waals surface area contributed by atoms with E-state index in [9.17, 15) is 0 Å². The Morgan fingerprint density at radius 2 is 2.43 bits per heavy atom. The van der Waals surface area contributed by atoms with Crippen molar-refractivity contribution in [3.8, 4) is 0 Å². The number of rotatable bonds is 0. The predicted octanol–water partition coefficient (Wildman–Crippen LogP) is 1.80. The van der Waals surface area contributed by atoms with E-state index >= 15 is 0 Å². The molecule has 0 saturated carbocycles. The Morgan fingerprint density at radius 1 is 1.71 bits per heavy atom. The summed E-state index contributed by atoms with van der Waals surface area (Å²) in [6.45, 7) is 0. The third-order valence-electron chi connectivity index (χ3n) is 0.412. The molecular weight excluding hydrogens is 246 g/mol. The van der Waals surface area contributed by atoms with Crippen molar-refractivity contribution in [3.63, 3.8) is 0 Å². The van der Waals surface area contributed by atoms with E-state index in [4.69, 9.17) is 11.6 Å². The van der Waals surface area contributed by atoms with Crippen LogP contribution in [0, 0.1) is 3.70 Å². The molecule has 38 valence electrons. The van der Waals surface area contributed by atoms with Crippen LogP contribution in [-0.2, 0) is 0 Å². The van der Waals surface area contributed by atoms with Crippen molar-refractivity contribution in [2.75, 3.05) is 0 Å². The van der Waals surface area contributed by atoms with Crippen LogP contribution in [-0.4, -0.2) is 9.59 Å². The minimum atomic E-state index is 0.667. The molecule has 1 aromatic rings. The average molecular weight is 246 g/mol. The van der Waals surface area contributed by atoms with Crippen LogP contribution in [0.1, 0.15) is 0 Å². The van der Waals surface area contributed by atoms with Gasteiger partial charge in [0.05, 0.1) is 0 Å². The molecule has 0 spiro atoms. The third-order valence-corrected chi connectivity index (χ3v) is 2.75. The highest BCUT2D eigenvalue weighted by molar-refractivity contribution is 14.1. The Hall–Kier alpha value is 0.580. The standard InChI is InChI=1S/C2ClIN2S/c3-1-2(4)5-6-7-1. The molecule has 0 bridgehead atoms. The summed E-state index contributed by atoms with van der Waals surface area (Å²) in [5.74, 6) is 0. The van der Waals surface area contributed by atoms with Gasteiger partial charge in [-0.1, -0.05) is 16.1 Å². The summed E-state index contributed by atoms with van der Waals surface area (Å²) in [6, 6.07) is 0. The van der Waals surface area contributed by atoms with E-state index in [1.54, 1.807) is 0 Å². The third kappa shape index (κ3) is 1.23. The van der Waals surface area contributed by atoms with Crippen LogP contribution in [0.2, 0.25) is 4.34 Å². The van der Waals surface area contributed by atoms with Crippen LogP contribution in [0.15, 0.2) is 0 Å². The maximum atomic E-state index is 5.51. The Morgan fingerprint density at radius 3 is 2.57 bits per heavy atom. The molecule has 2 nitrogen and oxygen atoms in total. The van der Waals surface area contributed by atoms with Crippen LogP contribution in [0.3, 0.4) is 0 Å². The van der Waals surface area contributed by atoms with Gasteiger partial charge in [0, 0.05) is 11.5 Å². The van der Waals surface area contributed by atoms with Crippen molar-refractivity contribution in [2.45, 2.75) is 0 Å². The molecule has 0 N–H and O–H groups in total. The summed E-state index contributed by atoms with van der Waals surface area (Å²) in [5, 5.41) is 3.64. The molecule has 1 heterocycles. The lowest BCUT2D eigenvalue weighted by Crippen LogP contribution is -1.65. The summed E-state index contributed by atoms with van der Waals surface area (Å²) in [7, 11) is 0. The van der Waals surface area contributed by atoms with E-state index in [-0.39, 0.29) is 0 Å². The molecule has 0 unspecified atom stereocenters. The van der Waals surface area contributed by atoms with Gasteiger partial charge in [-0.25, -0.2) is 0 Å². The fourth-order valence-electron chi connectivity index (χ4n) is 0.169. The van der Waals surface area contributed by atoms with E-state index in [1.807, 2.05) is 22.6 Å². The predicted molar refractivity (Wildman–Crippen MR) is 37.6 cm³/mol. The minimum absolute atomic E-state index is 0.667. The smallest absolute Gasteiger partial charge is 0.130 e. The second kappa shape index (κ2) is 2.23. The molecule has 7 heavy (non-hydrogen) atoms. The van der Waals surface area contributed by atoms with Crippen LogP contribution in [0.4, 0.5) is 0 Å². The number of hydrogen-bond donors (Lipinski definition) is 0. The Bertz CT molecular complexity index is 148. The molecular formula is C2ClIN2S. The number of aromatic nitrogens is 2. The molecule has 0 aliphatic heterocycles. The summed E-state index contributed by atoms with van der Waals surface area (Å²) in [6.07, 6.45) is 0. The number of hydrogen-bond acceptors (Lipinski definition) is 3. The first-order valence-electron chi connectivity index (χ1n) is 1.44. The second-order valence-electron chi connectivity index (χ2n) is 0.837. The van der Waals surface area contributed by atoms with Gasteiger partial charge in [-0.2, -0.15) is 0 Å². The van der Waals surface area contributed by atoms with Crippen LogP contribution < -0.4 is 0 Å². The molecule has 0 aromatic carbocycles. The van der Waals surface area contributed by atoms with Crippen molar-refractivity contribution in [3.05, 3.63) is 8.04 Å². The van der Waals surface area contributed by atoms with Gasteiger partial charge in [-0.3, -0.25) is 0 Å². The van der Waals surface area contributed by atoms with E-state index in [2.05, 4.69) is 9.59 Å². The fourth-order valence-corrected chi connectivity index (χ4v) is 1.16. The van der Waals surface area contributed by atoms with Crippen molar-refractivity contribution in [1.82, 2.24) is 9.59 Å². The zero-order valence-electron chi connectivity index (χ0n) is 3.06. The van der Waals surface area contributed by atoms with Crippen molar-refractivity contribution >= 4 is 45.7 Å². The van der Waals surface area contributed by atoms with Gasteiger partial charge in [-0.15, -0.1) is 5.10 Å². The SMILES string of the molecule is Clc1snnc1I. The van der Waals surface area contributed by atoms with Gasteiger partial charge in [0.15, 0.2) is 3.70 Å². The lowest BCUT2D eigenvalue weighted by atomic mass is 11.0. The maximum absolute atomic E-state index is 5.51. The first-order chi connectivity index (χ1) is 3.30. The van der Waals surface area contributed by atoms with Crippen LogP contribution in [0.5, 0.6) is 0 Å². The lowest BCUT2D eigenvalue weighted by Gasteiger charge is -1.69. The van der Waals surface area contributed by atoms with Crippen molar-refractivity contribution < 1.29 is 0 Å². The highest BCUT2D eigenvalue weighted by Crippen LogP contribution is 2.17. The molecule has 0 fully saturated rings. The van der Waals surface area contributed by atoms with E-state index in [0.29, 0.717) is 4.34 Å². The molecule has 1 rings (SSSR count). The van der Waals surface area contributed by atoms with Crippen LogP contribution >= 0.6 is 45.7 Å². The largest absolute Gasteiger partial charge is 0.155 e. The molecule has 0 aliphatic carbocycles. The van der Waals surface area contributed by atoms with Gasteiger partial charge in [-0.05, 0) is 22.6 Å². The van der Waals surface area contributed by atoms with Gasteiger partial charge >= 0.3 is 0 Å². The highest BCUT2D eigenvalue weighted by Gasteiger charge is 1.96. The van der Waals surface area contributed by atoms with Crippen LogP contribution in [0.25, 0.3) is 0 Å². The molecule has 0 aliphatic rings. The summed E-state index contributed by atoms with van der Waals surface area (Å²) in [4.78, 5) is 0. The summed E-state index contributed by atoms with van der Waals surface area (Å²) < 4.78 is 5.02. The van der Waals surface area contributed by atoms with Gasteiger partial charge in [0.25, 0.3) is 0 Å². The zero-order valence-corrected chi connectivity index (χ0v) is 6.79. The fraction of sp³-hybridized carbons (Fsp3) is 0. The second-order valence-corrected chi connectivity index (χ2v) is 3.22. The van der Waals surface area contributed by atoms with Crippen molar-refractivity contribution in [1.29, 1.82) is 0 Å². The first-order valence-corrected chi connectivity index (χ1v) is 3.67. The summed E-state index contributed by atoms with van der Waals surface area (Å²) >= 11 is 8.74. The van der Waals surface area contributed by atoms with E-state index in [1.165, 1.54) is 11.5 Å². The summed E-state index contributed by atoms with van der Waals surface area (Å²) in [5.41, 5.74) is 0. The average Bonchev–Trinajstić information content (AvgIpc) is 1.91. The Balaban J connectivity index is 3.12. The number of nitrogens with zero attached hydrogens (tertiary/aromatic N) is 2. The number of halogens is 2. The maximum Gasteiger partial charge on any atom is 0.155 e. The van der Waals surface area contributed by atoms with Gasteiger partial charge in [0.1, 0.15) is 4.34 Å². The van der Waals surface area contributed by atoms with E-state index in [0.717, 1.165) is 3.70 Å². The molecule has 1 aromatic heterocycles. The Labute approximate surface area is 63.2 Å². The topological polar surface area (TPSA) is 25.8 Å². The molecule has 0 saturated heterocycles. The van der Waals surface area contributed by atoms with Crippen molar-refractivity contribution in [2.24, 2.45) is 0 Å². The van der Waals surface area contributed by atoms with E-state index < -0.39 is 0 Å². The highest BCUT2D eigenvalue weighted by atomic mass is 127. The Kier molecular flexibility index (Phi) is 1.82. The van der Waals surface area contributed by atoms with Gasteiger partial charge < -0.3 is 0 Å². The lowest BCUT2D eigenvalue weighted by molar-refractivity contribution is 1.12. The first kappa shape index (κ1) is 5.71. The monoisotopic (exact) mass is 246 g/mol. The zero-order chi connectivity index (χ0) is 5.28.